The molecule has 7 nitrogen and oxygen atoms in total. The average Bonchev–Trinajstić information content (AvgIpc) is 2.89. The maximum absolute atomic E-state index is 6.49. The normalized spacial score (nSPS) is 14.0. The molecule has 1 saturated heterocycles. The van der Waals surface area contributed by atoms with E-state index < -0.39 is 0 Å². The maximum Gasteiger partial charge on any atom is 0.134 e. The molecule has 0 aliphatic carbocycles. The highest BCUT2D eigenvalue weighted by Crippen LogP contribution is 2.34. The summed E-state index contributed by atoms with van der Waals surface area (Å²) in [6, 6.07) is 12.3. The van der Waals surface area contributed by atoms with E-state index in [0.717, 1.165) is 77.9 Å². The van der Waals surface area contributed by atoms with Crippen LogP contribution in [0.25, 0.3) is 23.4 Å². The zero-order valence-corrected chi connectivity index (χ0v) is 21.0. The maximum atomic E-state index is 6.49. The van der Waals surface area contributed by atoms with Gasteiger partial charge in [-0.15, -0.1) is 0 Å². The minimum Gasteiger partial charge on any atom is -0.397 e. The fourth-order valence-electron chi connectivity index (χ4n) is 4.34. The van der Waals surface area contributed by atoms with Gasteiger partial charge in [0.15, 0.2) is 0 Å². The van der Waals surface area contributed by atoms with Crippen molar-refractivity contribution < 1.29 is 0 Å². The van der Waals surface area contributed by atoms with Gasteiger partial charge in [0.25, 0.3) is 0 Å². The second-order valence-corrected chi connectivity index (χ2v) is 8.90. The van der Waals surface area contributed by atoms with Crippen LogP contribution < -0.4 is 20.9 Å². The summed E-state index contributed by atoms with van der Waals surface area (Å²) in [5, 5.41) is 3.42. The molecule has 0 spiro atoms. The van der Waals surface area contributed by atoms with Crippen molar-refractivity contribution in [3.05, 3.63) is 67.0 Å². The smallest absolute Gasteiger partial charge is 0.134 e. The van der Waals surface area contributed by atoms with Crippen LogP contribution in [0.15, 0.2) is 55.9 Å². The number of nitrogens with one attached hydrogen (secondary N) is 1. The van der Waals surface area contributed by atoms with Gasteiger partial charge in [0, 0.05) is 62.8 Å². The first kappa shape index (κ1) is 24.3. The van der Waals surface area contributed by atoms with Crippen LogP contribution in [-0.2, 0) is 0 Å². The lowest BCUT2D eigenvalue weighted by Gasteiger charge is -2.35. The van der Waals surface area contributed by atoms with E-state index in [1.165, 1.54) is 0 Å². The lowest BCUT2D eigenvalue weighted by Crippen LogP contribution is -2.44. The van der Waals surface area contributed by atoms with Crippen LogP contribution in [0.5, 0.6) is 0 Å². The highest BCUT2D eigenvalue weighted by atomic mass is 15.3. The molecule has 0 atom stereocenters. The van der Waals surface area contributed by atoms with Crippen molar-refractivity contribution in [3.8, 4) is 11.3 Å². The van der Waals surface area contributed by atoms with Gasteiger partial charge in [-0.2, -0.15) is 0 Å². The molecule has 4 rings (SSSR count). The van der Waals surface area contributed by atoms with E-state index in [-0.39, 0.29) is 0 Å². The summed E-state index contributed by atoms with van der Waals surface area (Å²) in [5.41, 5.74) is 14.2. The number of likely N-dealkylation sites (N-methyl/N-ethyl adjacent to an activating group) is 1. The van der Waals surface area contributed by atoms with Gasteiger partial charge in [-0.3, -0.25) is 0 Å². The van der Waals surface area contributed by atoms with Crippen LogP contribution in [0.2, 0.25) is 0 Å². The summed E-state index contributed by atoms with van der Waals surface area (Å²) >= 11 is 0. The highest BCUT2D eigenvalue weighted by molar-refractivity contribution is 5.83. The molecule has 0 radical (unpaired) electrons. The minimum atomic E-state index is 0.694. The van der Waals surface area contributed by atoms with Gasteiger partial charge in [0.1, 0.15) is 12.1 Å². The Morgan fingerprint density at radius 3 is 2.46 bits per heavy atom. The molecule has 35 heavy (non-hydrogen) atoms. The Balaban J connectivity index is 1.61. The topological polar surface area (TPSA) is 73.6 Å². The Morgan fingerprint density at radius 2 is 1.77 bits per heavy atom. The van der Waals surface area contributed by atoms with Crippen molar-refractivity contribution in [2.75, 3.05) is 67.7 Å². The predicted octanol–water partition coefficient (Wildman–Crippen LogP) is 4.96. The largest absolute Gasteiger partial charge is 0.397 e. The van der Waals surface area contributed by atoms with Gasteiger partial charge < -0.3 is 25.8 Å². The van der Waals surface area contributed by atoms with E-state index in [0.29, 0.717) is 5.82 Å². The first-order chi connectivity index (χ1) is 16.9. The molecule has 3 N–H and O–H groups in total. The third-order valence-electron chi connectivity index (χ3n) is 6.62. The Labute approximate surface area is 208 Å². The van der Waals surface area contributed by atoms with Crippen LogP contribution in [0.4, 0.5) is 28.6 Å². The molecule has 0 amide bonds. The molecule has 0 bridgehead atoms. The number of nitrogen functional groups attached to an aromatic ring is 1. The predicted molar refractivity (Wildman–Crippen MR) is 150 cm³/mol. The Kier molecular flexibility index (Phi) is 7.36. The van der Waals surface area contributed by atoms with Gasteiger partial charge in [-0.25, -0.2) is 9.97 Å². The molecule has 2 heterocycles. The van der Waals surface area contributed by atoms with Gasteiger partial charge in [0.2, 0.25) is 0 Å². The number of anilines is 5. The zero-order chi connectivity index (χ0) is 24.9. The van der Waals surface area contributed by atoms with Crippen molar-refractivity contribution in [2.24, 2.45) is 0 Å². The zero-order valence-electron chi connectivity index (χ0n) is 21.0. The van der Waals surface area contributed by atoms with Crippen molar-refractivity contribution >= 4 is 40.7 Å². The molecule has 1 fully saturated rings. The fraction of sp³-hybridized carbons (Fsp3) is 0.286. The molecule has 182 valence electrons. The third kappa shape index (κ3) is 5.30. The van der Waals surface area contributed by atoms with Gasteiger partial charge >= 0.3 is 0 Å². The molecule has 0 unspecified atom stereocenters. The van der Waals surface area contributed by atoms with E-state index in [9.17, 15) is 0 Å². The first-order valence-electron chi connectivity index (χ1n) is 12.0. The van der Waals surface area contributed by atoms with Crippen LogP contribution in [0.3, 0.4) is 0 Å². The van der Waals surface area contributed by atoms with E-state index in [2.05, 4.69) is 88.4 Å². The molecule has 1 aliphatic rings. The first-order valence-corrected chi connectivity index (χ1v) is 12.0. The molecular weight excluding hydrogens is 434 g/mol. The van der Waals surface area contributed by atoms with Gasteiger partial charge in [-0.05, 0) is 49.4 Å². The molecule has 3 aromatic rings. The molecular formula is C28H35N7. The quantitative estimate of drug-likeness (QED) is 0.452. The van der Waals surface area contributed by atoms with Gasteiger partial charge in [0.05, 0.1) is 17.1 Å². The van der Waals surface area contributed by atoms with E-state index in [4.69, 9.17) is 5.73 Å². The summed E-state index contributed by atoms with van der Waals surface area (Å²) in [6.45, 7) is 15.0. The molecule has 7 heteroatoms. The number of piperazine rings is 1. The summed E-state index contributed by atoms with van der Waals surface area (Å²) in [6.07, 6.45) is 5.31. The van der Waals surface area contributed by atoms with Crippen LogP contribution in [0, 0.1) is 0 Å². The number of benzene rings is 2. The average molecular weight is 470 g/mol. The molecule has 0 saturated carbocycles. The second kappa shape index (κ2) is 10.6. The van der Waals surface area contributed by atoms with Crippen LogP contribution in [-0.4, -0.2) is 61.7 Å². The molecule has 1 aromatic heterocycles. The van der Waals surface area contributed by atoms with E-state index in [1.807, 2.05) is 24.3 Å². The lowest BCUT2D eigenvalue weighted by molar-refractivity contribution is 0.313. The monoisotopic (exact) mass is 469 g/mol. The second-order valence-electron chi connectivity index (χ2n) is 8.90. The number of hydrogen-bond donors (Lipinski definition) is 2. The van der Waals surface area contributed by atoms with E-state index >= 15 is 0 Å². The van der Waals surface area contributed by atoms with Gasteiger partial charge in [-0.1, -0.05) is 31.4 Å². The third-order valence-corrected chi connectivity index (χ3v) is 6.62. The molecule has 1 aliphatic heterocycles. The van der Waals surface area contributed by atoms with Crippen molar-refractivity contribution in [2.45, 2.75) is 6.92 Å². The number of nitrogens with two attached hydrogens (primary N) is 1. The van der Waals surface area contributed by atoms with Crippen LogP contribution in [0.1, 0.15) is 18.1 Å². The SMILES string of the molecule is C=Cc1cc(N2CCN(C)CC2)c(N)cc1Nc1cc(-c2ccc(N(C)CC)c(C=C)c2)ncn1. The van der Waals surface area contributed by atoms with Crippen molar-refractivity contribution in [1.29, 1.82) is 0 Å². The Hall–Kier alpha value is -3.84. The highest BCUT2D eigenvalue weighted by Gasteiger charge is 2.18. The lowest BCUT2D eigenvalue weighted by atomic mass is 10.0. The van der Waals surface area contributed by atoms with Crippen molar-refractivity contribution in [1.82, 2.24) is 14.9 Å². The number of hydrogen-bond acceptors (Lipinski definition) is 7. The van der Waals surface area contributed by atoms with E-state index in [1.54, 1.807) is 6.33 Å². The Morgan fingerprint density at radius 1 is 1.03 bits per heavy atom. The summed E-state index contributed by atoms with van der Waals surface area (Å²) in [5.74, 6) is 0.694. The summed E-state index contributed by atoms with van der Waals surface area (Å²) in [7, 11) is 4.22. The summed E-state index contributed by atoms with van der Waals surface area (Å²) in [4.78, 5) is 15.8. The minimum absolute atomic E-state index is 0.694. The van der Waals surface area contributed by atoms with Crippen molar-refractivity contribution in [3.63, 3.8) is 0 Å². The number of nitrogens with zero attached hydrogens (tertiary/aromatic N) is 5. The Bertz CT molecular complexity index is 1210. The summed E-state index contributed by atoms with van der Waals surface area (Å²) < 4.78 is 0. The number of rotatable bonds is 8. The van der Waals surface area contributed by atoms with Crippen LogP contribution >= 0.6 is 0 Å². The number of aromatic nitrogens is 2. The molecule has 2 aromatic carbocycles. The fourth-order valence-corrected chi connectivity index (χ4v) is 4.34. The standard InChI is InChI=1S/C28H35N7/c1-6-20-16-27(35-13-11-33(4)12-14-35)23(29)17-25(20)32-28-18-24(30-19-31-28)22-9-10-26(34(5)8-3)21(7-2)15-22/h6-7,9-10,15-19H,1-2,8,11-14,29H2,3-5H3,(H,30,31,32).